The molecule has 0 aromatic heterocycles. The summed E-state index contributed by atoms with van der Waals surface area (Å²) < 4.78 is 26.0. The van der Waals surface area contributed by atoms with Crippen molar-refractivity contribution in [2.24, 2.45) is 11.7 Å². The van der Waals surface area contributed by atoms with Crippen LogP contribution < -0.4 is 5.73 Å². The normalized spacial score (nSPS) is 30.3. The number of likely N-dealkylation sites (tertiary alicyclic amines) is 1. The first-order chi connectivity index (χ1) is 7.98. The number of alkyl halides is 2. The number of hydrogen-bond acceptors (Lipinski definition) is 2. The Balaban J connectivity index is 1.88. The van der Waals surface area contributed by atoms with E-state index in [2.05, 4.69) is 0 Å². The van der Waals surface area contributed by atoms with Crippen molar-refractivity contribution < 1.29 is 13.6 Å². The van der Waals surface area contributed by atoms with Crippen LogP contribution in [0.2, 0.25) is 0 Å². The number of amides is 1. The highest BCUT2D eigenvalue weighted by Crippen LogP contribution is 2.37. The molecular weight excluding hydrogens is 226 g/mol. The van der Waals surface area contributed by atoms with Crippen LogP contribution in [-0.4, -0.2) is 35.9 Å². The lowest BCUT2D eigenvalue weighted by molar-refractivity contribution is -0.140. The minimum Gasteiger partial charge on any atom is -0.341 e. The van der Waals surface area contributed by atoms with Gasteiger partial charge in [0.15, 0.2) is 0 Å². The zero-order chi connectivity index (χ0) is 12.5. The van der Waals surface area contributed by atoms with Crippen LogP contribution in [0.15, 0.2) is 0 Å². The molecule has 5 heteroatoms. The summed E-state index contributed by atoms with van der Waals surface area (Å²) in [5.74, 6) is -2.73. The largest absolute Gasteiger partial charge is 0.341 e. The lowest BCUT2D eigenvalue weighted by Gasteiger charge is -2.35. The molecule has 98 valence electrons. The van der Waals surface area contributed by atoms with Crippen LogP contribution in [0.5, 0.6) is 0 Å². The summed E-state index contributed by atoms with van der Waals surface area (Å²) in [5.41, 5.74) is 5.82. The van der Waals surface area contributed by atoms with E-state index in [9.17, 15) is 13.6 Å². The number of halogens is 2. The van der Waals surface area contributed by atoms with Crippen molar-refractivity contribution in [3.8, 4) is 0 Å². The number of carbonyl (C=O) groups excluding carboxylic acids is 1. The van der Waals surface area contributed by atoms with Gasteiger partial charge in [-0.1, -0.05) is 0 Å². The summed E-state index contributed by atoms with van der Waals surface area (Å²) in [6.45, 7) is 1.32. The molecule has 2 N–H and O–H groups in total. The maximum absolute atomic E-state index is 13.0. The van der Waals surface area contributed by atoms with Crippen LogP contribution in [0.4, 0.5) is 8.78 Å². The average Bonchev–Trinajstić information content (AvgIpc) is 2.28. The molecule has 2 aliphatic rings. The average molecular weight is 246 g/mol. The van der Waals surface area contributed by atoms with E-state index in [0.29, 0.717) is 19.4 Å². The second-order valence-corrected chi connectivity index (χ2v) is 5.32. The molecule has 0 aromatic carbocycles. The van der Waals surface area contributed by atoms with Gasteiger partial charge >= 0.3 is 0 Å². The Morgan fingerprint density at radius 2 is 1.88 bits per heavy atom. The Hall–Kier alpha value is -0.710. The molecule has 0 unspecified atom stereocenters. The summed E-state index contributed by atoms with van der Waals surface area (Å²) in [6.07, 6.45) is 2.21. The van der Waals surface area contributed by atoms with Gasteiger partial charge in [0, 0.05) is 37.9 Å². The third-order valence-electron chi connectivity index (χ3n) is 3.84. The van der Waals surface area contributed by atoms with Gasteiger partial charge in [-0.2, -0.15) is 0 Å². The van der Waals surface area contributed by atoms with E-state index in [1.165, 1.54) is 0 Å². The van der Waals surface area contributed by atoms with Gasteiger partial charge in [-0.05, 0) is 25.7 Å². The lowest BCUT2D eigenvalue weighted by Crippen LogP contribution is -2.48. The van der Waals surface area contributed by atoms with Crippen LogP contribution in [-0.2, 0) is 4.79 Å². The molecule has 2 fully saturated rings. The van der Waals surface area contributed by atoms with E-state index in [-0.39, 0.29) is 30.7 Å². The van der Waals surface area contributed by atoms with Gasteiger partial charge in [0.1, 0.15) is 0 Å². The van der Waals surface area contributed by atoms with Crippen molar-refractivity contribution >= 4 is 5.91 Å². The van der Waals surface area contributed by atoms with Crippen molar-refractivity contribution in [2.45, 2.75) is 50.5 Å². The predicted molar refractivity (Wildman–Crippen MR) is 60.7 cm³/mol. The van der Waals surface area contributed by atoms with Crippen LogP contribution in [0.3, 0.4) is 0 Å². The molecule has 1 saturated heterocycles. The number of nitrogens with zero attached hydrogens (tertiary/aromatic N) is 1. The van der Waals surface area contributed by atoms with Crippen molar-refractivity contribution in [2.75, 3.05) is 13.1 Å². The summed E-state index contributed by atoms with van der Waals surface area (Å²) in [6, 6.07) is 0.0535. The molecule has 3 nitrogen and oxygen atoms in total. The number of carbonyl (C=O) groups is 1. The maximum Gasteiger partial charge on any atom is 0.248 e. The van der Waals surface area contributed by atoms with Gasteiger partial charge in [0.25, 0.3) is 0 Å². The number of rotatable bonds is 1. The highest BCUT2D eigenvalue weighted by atomic mass is 19.3. The topological polar surface area (TPSA) is 46.3 Å². The fourth-order valence-corrected chi connectivity index (χ4v) is 2.76. The van der Waals surface area contributed by atoms with Gasteiger partial charge < -0.3 is 10.6 Å². The molecular formula is C12H20F2N2O. The third-order valence-corrected chi connectivity index (χ3v) is 3.84. The molecule has 0 spiro atoms. The summed E-state index contributed by atoms with van der Waals surface area (Å²) in [4.78, 5) is 13.9. The molecule has 1 saturated carbocycles. The van der Waals surface area contributed by atoms with Gasteiger partial charge in [-0.3, -0.25) is 4.79 Å². The second-order valence-electron chi connectivity index (χ2n) is 5.32. The molecule has 1 aliphatic heterocycles. The van der Waals surface area contributed by atoms with Crippen molar-refractivity contribution in [1.29, 1.82) is 0 Å². The Morgan fingerprint density at radius 1 is 1.24 bits per heavy atom. The molecule has 1 amide bonds. The Kier molecular flexibility index (Phi) is 3.66. The predicted octanol–water partition coefficient (Wildman–Crippen LogP) is 1.76. The quantitative estimate of drug-likeness (QED) is 0.766. The van der Waals surface area contributed by atoms with Gasteiger partial charge in [-0.15, -0.1) is 0 Å². The molecule has 1 heterocycles. The lowest BCUT2D eigenvalue weighted by atomic mass is 9.85. The molecule has 0 radical (unpaired) electrons. The van der Waals surface area contributed by atoms with Gasteiger partial charge in [-0.25, -0.2) is 8.78 Å². The maximum atomic E-state index is 13.0. The second kappa shape index (κ2) is 4.88. The Bertz CT molecular complexity index is 286. The highest BCUT2D eigenvalue weighted by molar-refractivity contribution is 5.79. The first-order valence-electron chi connectivity index (χ1n) is 6.40. The molecule has 2 rings (SSSR count). The SMILES string of the molecule is N[C@@H]1CCCN(C(=O)C2CCC(F)(F)CC2)C1. The van der Waals surface area contributed by atoms with E-state index >= 15 is 0 Å². The van der Waals surface area contributed by atoms with Gasteiger partial charge in [0.2, 0.25) is 11.8 Å². The molecule has 1 aliphatic carbocycles. The van der Waals surface area contributed by atoms with Crippen LogP contribution >= 0.6 is 0 Å². The molecule has 17 heavy (non-hydrogen) atoms. The van der Waals surface area contributed by atoms with E-state index in [4.69, 9.17) is 5.73 Å². The standard InChI is InChI=1S/C12H20F2N2O/c13-12(14)5-3-9(4-6-12)11(17)16-7-1-2-10(15)8-16/h9-10H,1-8,15H2/t10-/m1/s1. The van der Waals surface area contributed by atoms with Crippen LogP contribution in [0.25, 0.3) is 0 Å². The molecule has 0 bridgehead atoms. The fraction of sp³-hybridized carbons (Fsp3) is 0.917. The minimum absolute atomic E-state index is 0.0376. The number of piperidine rings is 1. The number of hydrogen-bond donors (Lipinski definition) is 1. The highest BCUT2D eigenvalue weighted by Gasteiger charge is 2.39. The summed E-state index contributed by atoms with van der Waals surface area (Å²) in [5, 5.41) is 0. The van der Waals surface area contributed by atoms with Crippen molar-refractivity contribution in [3.05, 3.63) is 0 Å². The van der Waals surface area contributed by atoms with Crippen LogP contribution in [0, 0.1) is 5.92 Å². The summed E-state index contributed by atoms with van der Waals surface area (Å²) in [7, 11) is 0. The third kappa shape index (κ3) is 3.15. The molecule has 1 atom stereocenters. The van der Waals surface area contributed by atoms with Gasteiger partial charge in [0.05, 0.1) is 0 Å². The zero-order valence-corrected chi connectivity index (χ0v) is 10.0. The fourth-order valence-electron chi connectivity index (χ4n) is 2.76. The number of nitrogens with two attached hydrogens (primary N) is 1. The van der Waals surface area contributed by atoms with Crippen molar-refractivity contribution in [1.82, 2.24) is 4.90 Å². The first-order valence-corrected chi connectivity index (χ1v) is 6.40. The Labute approximate surface area is 100 Å². The van der Waals surface area contributed by atoms with E-state index < -0.39 is 5.92 Å². The monoisotopic (exact) mass is 246 g/mol. The first kappa shape index (κ1) is 12.7. The minimum atomic E-state index is -2.56. The Morgan fingerprint density at radius 3 is 2.47 bits per heavy atom. The van der Waals surface area contributed by atoms with Crippen LogP contribution in [0.1, 0.15) is 38.5 Å². The van der Waals surface area contributed by atoms with E-state index in [1.54, 1.807) is 4.90 Å². The van der Waals surface area contributed by atoms with E-state index in [1.807, 2.05) is 0 Å². The zero-order valence-electron chi connectivity index (χ0n) is 10.0. The summed E-state index contributed by atoms with van der Waals surface area (Å²) >= 11 is 0. The van der Waals surface area contributed by atoms with Crippen molar-refractivity contribution in [3.63, 3.8) is 0 Å². The molecule has 0 aromatic rings. The smallest absolute Gasteiger partial charge is 0.248 e. The van der Waals surface area contributed by atoms with E-state index in [0.717, 1.165) is 19.4 Å².